The topological polar surface area (TPSA) is 50.4 Å². The molecule has 0 aromatic carbocycles. The van der Waals surface area contributed by atoms with Crippen LogP contribution in [0, 0.1) is 0 Å². The molecule has 3 heteroatoms. The zero-order valence-corrected chi connectivity index (χ0v) is 5.52. The average molecular weight is 125 g/mol. The van der Waals surface area contributed by atoms with Crippen LogP contribution in [0.25, 0.3) is 0 Å². The van der Waals surface area contributed by atoms with Crippen LogP contribution in [0.1, 0.15) is 6.92 Å². The summed E-state index contributed by atoms with van der Waals surface area (Å²) in [6.45, 7) is 3.38. The maximum atomic E-state index is 5.54. The van der Waals surface area contributed by atoms with Gasteiger partial charge in [-0.25, -0.2) is 0 Å². The van der Waals surface area contributed by atoms with Crippen LogP contribution in [0.15, 0.2) is 16.8 Å². The first kappa shape index (κ1) is 6.29. The van der Waals surface area contributed by atoms with Crippen LogP contribution in [-0.4, -0.2) is 18.9 Å². The first-order chi connectivity index (χ1) is 4.29. The Balaban J connectivity index is 2.67. The van der Waals surface area contributed by atoms with Crippen molar-refractivity contribution < 1.29 is 0 Å². The summed E-state index contributed by atoms with van der Waals surface area (Å²) in [5.74, 6) is 0. The molecule has 0 fully saturated rings. The van der Waals surface area contributed by atoms with Gasteiger partial charge in [-0.05, 0) is 13.0 Å². The van der Waals surface area contributed by atoms with E-state index in [0.29, 0.717) is 6.67 Å². The summed E-state index contributed by atoms with van der Waals surface area (Å²) in [7, 11) is 0. The van der Waals surface area contributed by atoms with Gasteiger partial charge in [0.1, 0.15) is 0 Å². The van der Waals surface area contributed by atoms with Gasteiger partial charge in [0, 0.05) is 18.0 Å². The Morgan fingerprint density at radius 2 is 2.56 bits per heavy atom. The third-order valence-electron chi connectivity index (χ3n) is 1.16. The standard InChI is InChI=1S/C6H11N3/c1-5-2-6(7)3-8-4-9-5/h2,8H,3-4,7H2,1H3. The summed E-state index contributed by atoms with van der Waals surface area (Å²) < 4.78 is 0. The third kappa shape index (κ3) is 1.85. The van der Waals surface area contributed by atoms with Gasteiger partial charge in [0.2, 0.25) is 0 Å². The monoisotopic (exact) mass is 125 g/mol. The van der Waals surface area contributed by atoms with Gasteiger partial charge in [-0.1, -0.05) is 0 Å². The number of nitrogens with one attached hydrogen (secondary N) is 1. The molecule has 50 valence electrons. The van der Waals surface area contributed by atoms with E-state index in [1.54, 1.807) is 0 Å². The van der Waals surface area contributed by atoms with Gasteiger partial charge in [0.15, 0.2) is 0 Å². The number of nitrogens with zero attached hydrogens (tertiary/aromatic N) is 1. The molecule has 0 atom stereocenters. The normalized spacial score (nSPS) is 20.1. The molecule has 9 heavy (non-hydrogen) atoms. The van der Waals surface area contributed by atoms with E-state index in [0.717, 1.165) is 18.0 Å². The molecule has 1 aliphatic heterocycles. The lowest BCUT2D eigenvalue weighted by atomic mass is 10.3. The van der Waals surface area contributed by atoms with Crippen molar-refractivity contribution >= 4 is 5.71 Å². The summed E-state index contributed by atoms with van der Waals surface area (Å²) >= 11 is 0. The maximum absolute atomic E-state index is 5.54. The molecule has 1 aliphatic rings. The second-order valence-corrected chi connectivity index (χ2v) is 2.10. The molecule has 0 radical (unpaired) electrons. The lowest BCUT2D eigenvalue weighted by Gasteiger charge is -1.95. The summed E-state index contributed by atoms with van der Waals surface area (Å²) in [5, 5.41) is 3.05. The number of hydrogen-bond acceptors (Lipinski definition) is 3. The van der Waals surface area contributed by atoms with Crippen LogP contribution in [0.3, 0.4) is 0 Å². The van der Waals surface area contributed by atoms with E-state index in [-0.39, 0.29) is 0 Å². The van der Waals surface area contributed by atoms with Crippen LogP contribution in [0.2, 0.25) is 0 Å². The van der Waals surface area contributed by atoms with Crippen molar-refractivity contribution in [3.05, 3.63) is 11.8 Å². The molecule has 0 aromatic rings. The Hall–Kier alpha value is -0.830. The van der Waals surface area contributed by atoms with E-state index in [1.165, 1.54) is 0 Å². The Kier molecular flexibility index (Phi) is 1.85. The van der Waals surface area contributed by atoms with Gasteiger partial charge >= 0.3 is 0 Å². The number of allylic oxidation sites excluding steroid dienone is 1. The van der Waals surface area contributed by atoms with Crippen molar-refractivity contribution in [2.24, 2.45) is 10.7 Å². The predicted octanol–water partition coefficient (Wildman–Crippen LogP) is -0.149. The van der Waals surface area contributed by atoms with Gasteiger partial charge in [0.05, 0.1) is 6.67 Å². The van der Waals surface area contributed by atoms with Crippen molar-refractivity contribution in [3.8, 4) is 0 Å². The van der Waals surface area contributed by atoms with E-state index in [2.05, 4.69) is 10.3 Å². The number of rotatable bonds is 0. The molecule has 0 amide bonds. The molecule has 0 bridgehead atoms. The fourth-order valence-electron chi connectivity index (χ4n) is 0.746. The first-order valence-electron chi connectivity index (χ1n) is 2.97. The summed E-state index contributed by atoms with van der Waals surface area (Å²) in [5.41, 5.74) is 7.40. The van der Waals surface area contributed by atoms with E-state index in [9.17, 15) is 0 Å². The lowest BCUT2D eigenvalue weighted by molar-refractivity contribution is 0.760. The van der Waals surface area contributed by atoms with Crippen molar-refractivity contribution in [2.75, 3.05) is 13.2 Å². The van der Waals surface area contributed by atoms with Crippen LogP contribution in [0.5, 0.6) is 0 Å². The molecule has 1 heterocycles. The Labute approximate surface area is 54.7 Å². The highest BCUT2D eigenvalue weighted by Gasteiger charge is 1.95. The van der Waals surface area contributed by atoms with Gasteiger partial charge in [-0.2, -0.15) is 0 Å². The highest BCUT2D eigenvalue weighted by molar-refractivity contribution is 5.93. The van der Waals surface area contributed by atoms with Crippen molar-refractivity contribution in [2.45, 2.75) is 6.92 Å². The minimum Gasteiger partial charge on any atom is -0.401 e. The van der Waals surface area contributed by atoms with E-state index in [4.69, 9.17) is 5.73 Å². The quantitative estimate of drug-likeness (QED) is 0.473. The second kappa shape index (κ2) is 2.64. The number of nitrogens with two attached hydrogens (primary N) is 1. The SMILES string of the molecule is CC1=NCNCC(N)=C1. The van der Waals surface area contributed by atoms with Crippen molar-refractivity contribution in [1.82, 2.24) is 5.32 Å². The molecular weight excluding hydrogens is 114 g/mol. The van der Waals surface area contributed by atoms with E-state index >= 15 is 0 Å². The second-order valence-electron chi connectivity index (χ2n) is 2.10. The Morgan fingerprint density at radius 3 is 3.33 bits per heavy atom. The zero-order chi connectivity index (χ0) is 6.69. The molecule has 1 rings (SSSR count). The molecule has 0 spiro atoms. The minimum atomic E-state index is 0.684. The molecule has 0 saturated carbocycles. The summed E-state index contributed by atoms with van der Waals surface area (Å²) in [6.07, 6.45) is 1.89. The molecule has 0 aliphatic carbocycles. The molecule has 3 nitrogen and oxygen atoms in total. The highest BCUT2D eigenvalue weighted by Crippen LogP contribution is 1.89. The largest absolute Gasteiger partial charge is 0.401 e. The third-order valence-corrected chi connectivity index (χ3v) is 1.16. The van der Waals surface area contributed by atoms with Crippen LogP contribution >= 0.6 is 0 Å². The molecule has 0 aromatic heterocycles. The van der Waals surface area contributed by atoms with Gasteiger partial charge < -0.3 is 5.73 Å². The van der Waals surface area contributed by atoms with Gasteiger partial charge in [0.25, 0.3) is 0 Å². The molecule has 0 saturated heterocycles. The maximum Gasteiger partial charge on any atom is 0.0890 e. The summed E-state index contributed by atoms with van der Waals surface area (Å²) in [6, 6.07) is 0. The number of aliphatic imine (C=N–C) groups is 1. The van der Waals surface area contributed by atoms with Crippen molar-refractivity contribution in [3.63, 3.8) is 0 Å². The smallest absolute Gasteiger partial charge is 0.0890 e. The van der Waals surface area contributed by atoms with Crippen LogP contribution < -0.4 is 11.1 Å². The molecular formula is C6H11N3. The highest BCUT2D eigenvalue weighted by atomic mass is 15.0. The molecule has 0 unspecified atom stereocenters. The zero-order valence-electron chi connectivity index (χ0n) is 5.52. The number of hydrogen-bond donors (Lipinski definition) is 2. The van der Waals surface area contributed by atoms with Crippen LogP contribution in [-0.2, 0) is 0 Å². The van der Waals surface area contributed by atoms with Crippen molar-refractivity contribution in [1.29, 1.82) is 0 Å². The first-order valence-corrected chi connectivity index (χ1v) is 2.97. The van der Waals surface area contributed by atoms with E-state index in [1.807, 2.05) is 13.0 Å². The van der Waals surface area contributed by atoms with Gasteiger partial charge in [-0.3, -0.25) is 10.3 Å². The summed E-state index contributed by atoms with van der Waals surface area (Å²) in [4.78, 5) is 4.12. The fourth-order valence-corrected chi connectivity index (χ4v) is 0.746. The Bertz CT molecular complexity index is 158. The predicted molar refractivity (Wildman–Crippen MR) is 38.2 cm³/mol. The van der Waals surface area contributed by atoms with Crippen LogP contribution in [0.4, 0.5) is 0 Å². The van der Waals surface area contributed by atoms with Gasteiger partial charge in [-0.15, -0.1) is 0 Å². The fraction of sp³-hybridized carbons (Fsp3) is 0.500. The molecule has 3 N–H and O–H groups in total. The minimum absolute atomic E-state index is 0.684. The van der Waals surface area contributed by atoms with E-state index < -0.39 is 0 Å². The average Bonchev–Trinajstić information content (AvgIpc) is 1.93. The Morgan fingerprint density at radius 1 is 1.78 bits per heavy atom. The lowest BCUT2D eigenvalue weighted by Crippen LogP contribution is -2.19.